The van der Waals surface area contributed by atoms with Gasteiger partial charge in [-0.05, 0) is 46.9 Å². The number of halogens is 2. The molecule has 1 aromatic carbocycles. The van der Waals surface area contributed by atoms with Crippen molar-refractivity contribution in [2.45, 2.75) is 0 Å². The van der Waals surface area contributed by atoms with Crippen molar-refractivity contribution in [2.24, 2.45) is 0 Å². The van der Waals surface area contributed by atoms with Gasteiger partial charge in [0.15, 0.2) is 0 Å². The van der Waals surface area contributed by atoms with Gasteiger partial charge in [-0.1, -0.05) is 0 Å². The van der Waals surface area contributed by atoms with Crippen LogP contribution in [-0.2, 0) is 0 Å². The van der Waals surface area contributed by atoms with E-state index in [9.17, 15) is 9.18 Å². The van der Waals surface area contributed by atoms with Crippen LogP contribution < -0.4 is 11.1 Å². The molecule has 3 N–H and O–H groups in total. The van der Waals surface area contributed by atoms with E-state index in [0.717, 1.165) is 2.88 Å². The first-order chi connectivity index (χ1) is 8.06. The number of nitrogen functional groups attached to an aromatic ring is 1. The number of carbonyl (C=O) groups excluding carboxylic acids is 1. The van der Waals surface area contributed by atoms with Crippen LogP contribution in [0.1, 0.15) is 10.4 Å². The maximum absolute atomic E-state index is 13.4. The molecule has 0 fully saturated rings. The van der Waals surface area contributed by atoms with Crippen molar-refractivity contribution in [3.05, 3.63) is 43.9 Å². The zero-order valence-electron chi connectivity index (χ0n) is 8.54. The number of hydrogen-bond acceptors (Lipinski definition) is 3. The molecule has 1 amide bonds. The minimum absolute atomic E-state index is 0.0937. The largest absolute Gasteiger partial charge is 0.399 e. The summed E-state index contributed by atoms with van der Waals surface area (Å²) in [7, 11) is 0. The fourth-order valence-corrected chi connectivity index (χ4v) is 2.59. The van der Waals surface area contributed by atoms with E-state index in [2.05, 4.69) is 27.9 Å². The summed E-state index contributed by atoms with van der Waals surface area (Å²) in [5.41, 5.74) is 6.54. The van der Waals surface area contributed by atoms with E-state index in [4.69, 9.17) is 5.73 Å². The third-order valence-corrected chi connectivity index (χ3v) is 3.86. The molecule has 0 unspecified atom stereocenters. The van der Waals surface area contributed by atoms with Crippen LogP contribution in [0, 0.1) is 8.70 Å². The Morgan fingerprint density at radius 2 is 2.18 bits per heavy atom. The van der Waals surface area contributed by atoms with Gasteiger partial charge in [0, 0.05) is 11.1 Å². The normalized spacial score (nSPS) is 10.2. The van der Waals surface area contributed by atoms with Gasteiger partial charge in [0.05, 0.1) is 14.1 Å². The Kier molecular flexibility index (Phi) is 3.63. The molecule has 0 aliphatic heterocycles. The van der Waals surface area contributed by atoms with E-state index >= 15 is 0 Å². The number of nitrogens with two attached hydrogens (primary N) is 1. The van der Waals surface area contributed by atoms with E-state index in [1.165, 1.54) is 29.5 Å². The second kappa shape index (κ2) is 5.01. The molecule has 17 heavy (non-hydrogen) atoms. The molecule has 0 aliphatic rings. The molecule has 0 aliphatic carbocycles. The number of carbonyl (C=O) groups is 1. The lowest BCUT2D eigenvalue weighted by atomic mass is 10.2. The lowest BCUT2D eigenvalue weighted by Crippen LogP contribution is -2.12. The zero-order chi connectivity index (χ0) is 12.4. The van der Waals surface area contributed by atoms with Crippen molar-refractivity contribution in [3.63, 3.8) is 0 Å². The van der Waals surface area contributed by atoms with Gasteiger partial charge in [-0.3, -0.25) is 4.79 Å². The van der Waals surface area contributed by atoms with Crippen molar-refractivity contribution in [2.75, 3.05) is 11.1 Å². The molecule has 0 saturated heterocycles. The third-order valence-electron chi connectivity index (χ3n) is 2.07. The fraction of sp³-hybridized carbons (Fsp3) is 0. The van der Waals surface area contributed by atoms with Gasteiger partial charge < -0.3 is 11.1 Å². The summed E-state index contributed by atoms with van der Waals surface area (Å²) >= 11 is 3.58. The van der Waals surface area contributed by atoms with Crippen LogP contribution in [0.2, 0.25) is 0 Å². The fourth-order valence-electron chi connectivity index (χ4n) is 1.26. The Morgan fingerprint density at radius 1 is 1.41 bits per heavy atom. The van der Waals surface area contributed by atoms with Crippen LogP contribution in [0.25, 0.3) is 0 Å². The first kappa shape index (κ1) is 12.3. The minimum Gasteiger partial charge on any atom is -0.399 e. The number of thiophene rings is 1. The predicted octanol–water partition coefficient (Wildman–Crippen LogP) is 3.33. The van der Waals surface area contributed by atoms with Crippen LogP contribution in [0.4, 0.5) is 15.8 Å². The Labute approximate surface area is 115 Å². The second-order valence-corrected chi connectivity index (χ2v) is 6.14. The van der Waals surface area contributed by atoms with Gasteiger partial charge in [-0.2, -0.15) is 0 Å². The van der Waals surface area contributed by atoms with Crippen molar-refractivity contribution >= 4 is 51.2 Å². The number of benzene rings is 1. The maximum Gasteiger partial charge on any atom is 0.256 e. The van der Waals surface area contributed by atoms with E-state index in [1.54, 1.807) is 11.4 Å². The van der Waals surface area contributed by atoms with E-state index in [1.807, 2.05) is 0 Å². The van der Waals surface area contributed by atoms with Crippen LogP contribution in [0.15, 0.2) is 29.6 Å². The van der Waals surface area contributed by atoms with Crippen LogP contribution in [0.5, 0.6) is 0 Å². The van der Waals surface area contributed by atoms with Crippen molar-refractivity contribution in [3.8, 4) is 0 Å². The summed E-state index contributed by atoms with van der Waals surface area (Å²) in [6.45, 7) is 0. The smallest absolute Gasteiger partial charge is 0.256 e. The highest BCUT2D eigenvalue weighted by atomic mass is 127. The van der Waals surface area contributed by atoms with Crippen molar-refractivity contribution < 1.29 is 9.18 Å². The summed E-state index contributed by atoms with van der Waals surface area (Å²) in [6, 6.07) is 5.80. The second-order valence-electron chi connectivity index (χ2n) is 3.33. The molecular formula is C11H8FIN2OS. The Balaban J connectivity index is 2.21. The number of anilines is 2. The summed E-state index contributed by atoms with van der Waals surface area (Å²) in [5, 5.41) is 4.21. The van der Waals surface area contributed by atoms with Gasteiger partial charge >= 0.3 is 0 Å². The van der Waals surface area contributed by atoms with E-state index in [0.29, 0.717) is 11.3 Å². The summed E-state index contributed by atoms with van der Waals surface area (Å²) in [5.74, 6) is -0.842. The van der Waals surface area contributed by atoms with Gasteiger partial charge in [-0.25, -0.2) is 4.39 Å². The summed E-state index contributed by atoms with van der Waals surface area (Å²) < 4.78 is 14.4. The number of amides is 1. The number of hydrogen-bond donors (Lipinski definition) is 2. The molecule has 88 valence electrons. The Morgan fingerprint density at radius 3 is 2.82 bits per heavy atom. The monoisotopic (exact) mass is 362 g/mol. The highest BCUT2D eigenvalue weighted by Crippen LogP contribution is 2.21. The Hall–Kier alpha value is -1.15. The molecule has 0 saturated carbocycles. The number of nitrogens with one attached hydrogen (secondary N) is 1. The lowest BCUT2D eigenvalue weighted by Gasteiger charge is -2.05. The first-order valence-electron chi connectivity index (χ1n) is 4.66. The molecular weight excluding hydrogens is 354 g/mol. The van der Waals surface area contributed by atoms with E-state index < -0.39 is 5.82 Å². The molecule has 0 atom stereocenters. The van der Waals surface area contributed by atoms with Crippen LogP contribution in [0.3, 0.4) is 0 Å². The van der Waals surface area contributed by atoms with Gasteiger partial charge in [0.1, 0.15) is 5.82 Å². The quantitative estimate of drug-likeness (QED) is 0.636. The molecule has 1 aromatic heterocycles. The lowest BCUT2D eigenvalue weighted by molar-refractivity contribution is 0.102. The van der Waals surface area contributed by atoms with Crippen LogP contribution in [-0.4, -0.2) is 5.91 Å². The van der Waals surface area contributed by atoms with E-state index in [-0.39, 0.29) is 11.6 Å². The van der Waals surface area contributed by atoms with Crippen LogP contribution >= 0.6 is 33.9 Å². The van der Waals surface area contributed by atoms with Crippen molar-refractivity contribution in [1.82, 2.24) is 0 Å². The highest BCUT2D eigenvalue weighted by Gasteiger charge is 2.11. The third kappa shape index (κ3) is 2.95. The average Bonchev–Trinajstić information content (AvgIpc) is 2.70. The predicted molar refractivity (Wildman–Crippen MR) is 75.8 cm³/mol. The highest BCUT2D eigenvalue weighted by molar-refractivity contribution is 14.1. The topological polar surface area (TPSA) is 55.1 Å². The summed E-state index contributed by atoms with van der Waals surface area (Å²) in [4.78, 5) is 11.8. The molecule has 0 radical (unpaired) electrons. The molecule has 6 heteroatoms. The van der Waals surface area contributed by atoms with Gasteiger partial charge in [-0.15, -0.1) is 11.3 Å². The molecule has 2 rings (SSSR count). The maximum atomic E-state index is 13.4. The zero-order valence-corrected chi connectivity index (χ0v) is 11.5. The molecule has 0 spiro atoms. The standard InChI is InChI=1S/C11H8FIN2OS/c12-8-2-1-7(14)4-9(8)15-11(16)6-3-10(13)17-5-6/h1-5H,14H2,(H,15,16). The molecule has 0 bridgehead atoms. The summed E-state index contributed by atoms with van der Waals surface area (Å²) in [6.07, 6.45) is 0. The Bertz CT molecular complexity index is 570. The molecule has 1 heterocycles. The molecule has 3 nitrogen and oxygen atoms in total. The van der Waals surface area contributed by atoms with Gasteiger partial charge in [0.25, 0.3) is 5.91 Å². The van der Waals surface area contributed by atoms with Gasteiger partial charge in [0.2, 0.25) is 0 Å². The SMILES string of the molecule is Nc1ccc(F)c(NC(=O)c2csc(I)c2)c1. The molecule has 2 aromatic rings. The minimum atomic E-state index is -0.502. The average molecular weight is 362 g/mol. The number of rotatable bonds is 2. The van der Waals surface area contributed by atoms with Crippen molar-refractivity contribution in [1.29, 1.82) is 0 Å². The first-order valence-corrected chi connectivity index (χ1v) is 6.62.